The monoisotopic (exact) mass is 248 g/mol. The van der Waals surface area contributed by atoms with Crippen LogP contribution in [0.4, 0.5) is 5.82 Å². The number of rotatable bonds is 3. The van der Waals surface area contributed by atoms with E-state index >= 15 is 0 Å². The average molecular weight is 248 g/mol. The molecule has 1 aromatic heterocycles. The van der Waals surface area contributed by atoms with Crippen LogP contribution in [-0.4, -0.2) is 29.3 Å². The van der Waals surface area contributed by atoms with Gasteiger partial charge < -0.3 is 10.6 Å². The molecule has 18 heavy (non-hydrogen) atoms. The van der Waals surface area contributed by atoms with Crippen molar-refractivity contribution >= 4 is 5.82 Å². The van der Waals surface area contributed by atoms with Gasteiger partial charge in [0.15, 0.2) is 5.82 Å². The highest BCUT2D eigenvalue weighted by Gasteiger charge is 2.25. The molecule has 0 aromatic carbocycles. The van der Waals surface area contributed by atoms with Crippen molar-refractivity contribution in [2.75, 3.05) is 18.0 Å². The van der Waals surface area contributed by atoms with Gasteiger partial charge in [-0.25, -0.2) is 0 Å². The Hall–Kier alpha value is -1.16. The van der Waals surface area contributed by atoms with Crippen molar-refractivity contribution in [2.24, 2.45) is 5.73 Å². The Morgan fingerprint density at radius 2 is 2.11 bits per heavy atom. The lowest BCUT2D eigenvalue weighted by Gasteiger charge is -2.25. The lowest BCUT2D eigenvalue weighted by atomic mass is 9.92. The summed E-state index contributed by atoms with van der Waals surface area (Å²) >= 11 is 0. The third-order valence-corrected chi connectivity index (χ3v) is 3.59. The van der Waals surface area contributed by atoms with Crippen LogP contribution < -0.4 is 10.6 Å². The molecule has 4 heteroatoms. The zero-order valence-electron chi connectivity index (χ0n) is 11.7. The van der Waals surface area contributed by atoms with Gasteiger partial charge in [-0.2, -0.15) is 5.10 Å². The van der Waals surface area contributed by atoms with Gasteiger partial charge >= 0.3 is 0 Å². The van der Waals surface area contributed by atoms with Crippen LogP contribution in [0.25, 0.3) is 0 Å². The van der Waals surface area contributed by atoms with Crippen molar-refractivity contribution in [1.82, 2.24) is 10.2 Å². The summed E-state index contributed by atoms with van der Waals surface area (Å²) in [6.07, 6.45) is 3.50. The number of aromatic nitrogens is 2. The Morgan fingerprint density at radius 1 is 1.33 bits per heavy atom. The normalized spacial score (nSPS) is 20.4. The first-order valence-electron chi connectivity index (χ1n) is 6.83. The van der Waals surface area contributed by atoms with E-state index in [1.165, 1.54) is 12.8 Å². The summed E-state index contributed by atoms with van der Waals surface area (Å²) in [7, 11) is 0. The number of hydrogen-bond donors (Lipinski definition) is 1. The van der Waals surface area contributed by atoms with E-state index in [1.54, 1.807) is 0 Å². The summed E-state index contributed by atoms with van der Waals surface area (Å²) in [6, 6.07) is 4.74. The molecule has 2 N–H and O–H groups in total. The summed E-state index contributed by atoms with van der Waals surface area (Å²) in [4.78, 5) is 2.35. The van der Waals surface area contributed by atoms with E-state index in [0.29, 0.717) is 6.04 Å². The molecule has 1 aliphatic heterocycles. The first-order valence-corrected chi connectivity index (χ1v) is 6.83. The van der Waals surface area contributed by atoms with Gasteiger partial charge in [-0.1, -0.05) is 20.8 Å². The highest BCUT2D eigenvalue weighted by Crippen LogP contribution is 2.26. The van der Waals surface area contributed by atoms with Crippen molar-refractivity contribution in [3.05, 3.63) is 17.8 Å². The van der Waals surface area contributed by atoms with Gasteiger partial charge in [-0.3, -0.25) is 0 Å². The molecule has 0 saturated carbocycles. The van der Waals surface area contributed by atoms with Crippen LogP contribution in [0.1, 0.15) is 45.7 Å². The molecule has 0 amide bonds. The van der Waals surface area contributed by atoms with E-state index in [-0.39, 0.29) is 5.41 Å². The van der Waals surface area contributed by atoms with Gasteiger partial charge in [0, 0.05) is 18.0 Å². The Morgan fingerprint density at radius 3 is 2.67 bits per heavy atom. The third kappa shape index (κ3) is 2.80. The van der Waals surface area contributed by atoms with Crippen molar-refractivity contribution in [1.29, 1.82) is 0 Å². The lowest BCUT2D eigenvalue weighted by molar-refractivity contribution is 0.555. The molecule has 1 unspecified atom stereocenters. The second-order valence-electron chi connectivity index (χ2n) is 6.09. The smallest absolute Gasteiger partial charge is 0.151 e. The Bertz CT molecular complexity index is 380. The molecular weight excluding hydrogens is 224 g/mol. The van der Waals surface area contributed by atoms with Crippen LogP contribution >= 0.6 is 0 Å². The summed E-state index contributed by atoms with van der Waals surface area (Å²) in [5, 5.41) is 8.76. The summed E-state index contributed by atoms with van der Waals surface area (Å²) < 4.78 is 0. The first kappa shape index (κ1) is 13.3. The molecule has 1 saturated heterocycles. The van der Waals surface area contributed by atoms with Crippen LogP contribution in [0.2, 0.25) is 0 Å². The van der Waals surface area contributed by atoms with Gasteiger partial charge in [-0.15, -0.1) is 5.10 Å². The van der Waals surface area contributed by atoms with E-state index in [1.807, 2.05) is 0 Å². The molecule has 1 fully saturated rings. The third-order valence-electron chi connectivity index (χ3n) is 3.59. The Kier molecular flexibility index (Phi) is 3.85. The Balaban J connectivity index is 2.14. The molecule has 2 rings (SSSR count). The van der Waals surface area contributed by atoms with Crippen LogP contribution in [0.15, 0.2) is 12.1 Å². The molecule has 0 bridgehead atoms. The first-order chi connectivity index (χ1) is 8.52. The predicted molar refractivity (Wildman–Crippen MR) is 74.8 cm³/mol. The summed E-state index contributed by atoms with van der Waals surface area (Å²) in [5.74, 6) is 0.999. The van der Waals surface area contributed by atoms with E-state index in [2.05, 4.69) is 48.0 Å². The lowest BCUT2D eigenvalue weighted by Crippen LogP contribution is -2.32. The predicted octanol–water partition coefficient (Wildman–Crippen LogP) is 2.09. The number of nitrogens with two attached hydrogens (primary N) is 1. The zero-order valence-corrected chi connectivity index (χ0v) is 11.7. The average Bonchev–Trinajstić information content (AvgIpc) is 2.77. The van der Waals surface area contributed by atoms with Crippen LogP contribution in [0.3, 0.4) is 0 Å². The maximum absolute atomic E-state index is 5.67. The van der Waals surface area contributed by atoms with Gasteiger partial charge in [0.25, 0.3) is 0 Å². The molecule has 1 atom stereocenters. The van der Waals surface area contributed by atoms with E-state index in [0.717, 1.165) is 31.0 Å². The second-order valence-corrected chi connectivity index (χ2v) is 6.09. The zero-order chi connectivity index (χ0) is 13.2. The van der Waals surface area contributed by atoms with E-state index in [4.69, 9.17) is 5.73 Å². The molecule has 0 aliphatic carbocycles. The highest BCUT2D eigenvalue weighted by molar-refractivity contribution is 5.40. The van der Waals surface area contributed by atoms with Crippen molar-refractivity contribution in [3.63, 3.8) is 0 Å². The Labute approximate surface area is 110 Å². The molecule has 0 spiro atoms. The van der Waals surface area contributed by atoms with Crippen molar-refractivity contribution in [2.45, 2.75) is 51.5 Å². The van der Waals surface area contributed by atoms with Gasteiger partial charge in [0.1, 0.15) is 0 Å². The number of nitrogens with zero attached hydrogens (tertiary/aromatic N) is 3. The largest absolute Gasteiger partial charge is 0.352 e. The molecular formula is C14H24N4. The quantitative estimate of drug-likeness (QED) is 0.890. The van der Waals surface area contributed by atoms with Gasteiger partial charge in [0.2, 0.25) is 0 Å². The fourth-order valence-electron chi connectivity index (χ4n) is 2.51. The minimum atomic E-state index is 0.0627. The summed E-state index contributed by atoms with van der Waals surface area (Å²) in [6.45, 7) is 8.29. The van der Waals surface area contributed by atoms with Crippen LogP contribution in [0.5, 0.6) is 0 Å². The van der Waals surface area contributed by atoms with E-state index in [9.17, 15) is 0 Å². The maximum Gasteiger partial charge on any atom is 0.151 e. The molecule has 100 valence electrons. The van der Waals surface area contributed by atoms with Crippen LogP contribution in [0, 0.1) is 0 Å². The highest BCUT2D eigenvalue weighted by atomic mass is 15.3. The van der Waals surface area contributed by atoms with Gasteiger partial charge in [-0.05, 0) is 37.9 Å². The molecule has 1 aromatic rings. The minimum Gasteiger partial charge on any atom is -0.352 e. The molecule has 2 heterocycles. The van der Waals surface area contributed by atoms with Crippen molar-refractivity contribution < 1.29 is 0 Å². The number of hydrogen-bond acceptors (Lipinski definition) is 4. The minimum absolute atomic E-state index is 0.0627. The standard InChI is InChI=1S/C14H24N4/c1-14(2,3)12-6-7-13(17-16-12)18-10-4-5-11(18)8-9-15/h6-7,11H,4-5,8-10,15H2,1-3H3. The van der Waals surface area contributed by atoms with E-state index < -0.39 is 0 Å². The fraction of sp³-hybridized carbons (Fsp3) is 0.714. The fourth-order valence-corrected chi connectivity index (χ4v) is 2.51. The molecule has 1 aliphatic rings. The number of anilines is 1. The summed E-state index contributed by atoms with van der Waals surface area (Å²) in [5.41, 5.74) is 6.77. The maximum atomic E-state index is 5.67. The van der Waals surface area contributed by atoms with Crippen molar-refractivity contribution in [3.8, 4) is 0 Å². The second kappa shape index (κ2) is 5.22. The molecule has 0 radical (unpaired) electrons. The molecule has 4 nitrogen and oxygen atoms in total. The van der Waals surface area contributed by atoms with Gasteiger partial charge in [0.05, 0.1) is 5.69 Å². The topological polar surface area (TPSA) is 55.0 Å². The SMILES string of the molecule is CC(C)(C)c1ccc(N2CCCC2CCN)nn1. The van der Waals surface area contributed by atoms with Crippen LogP contribution in [-0.2, 0) is 5.41 Å².